The molecule has 226 valence electrons. The predicted octanol–water partition coefficient (Wildman–Crippen LogP) is 7.73. The molecule has 0 aliphatic carbocycles. The van der Waals surface area contributed by atoms with E-state index in [1.54, 1.807) is 0 Å². The molecule has 0 spiro atoms. The molecule has 4 aromatic carbocycles. The van der Waals surface area contributed by atoms with Crippen LogP contribution in [0.1, 0.15) is 61.0 Å². The number of benzene rings is 4. The number of nitrogens with zero attached hydrogens (tertiary/aromatic N) is 1. The Morgan fingerprint density at radius 3 is 1.18 bits per heavy atom. The highest BCUT2D eigenvalue weighted by atomic mass is 16.7. The normalized spacial score (nSPS) is 19.8. The van der Waals surface area contributed by atoms with Gasteiger partial charge >= 0.3 is 14.2 Å². The highest BCUT2D eigenvalue weighted by molar-refractivity contribution is 6.62. The van der Waals surface area contributed by atoms with Crippen LogP contribution in [0.5, 0.6) is 0 Å². The molecule has 0 radical (unpaired) electrons. The fourth-order valence-electron chi connectivity index (χ4n) is 5.59. The van der Waals surface area contributed by atoms with Gasteiger partial charge in [-0.3, -0.25) is 0 Å². The first-order chi connectivity index (χ1) is 20.7. The van der Waals surface area contributed by atoms with Crippen molar-refractivity contribution in [3.8, 4) is 11.1 Å². The zero-order valence-electron chi connectivity index (χ0n) is 27.5. The van der Waals surface area contributed by atoms with Crippen molar-refractivity contribution in [1.82, 2.24) is 0 Å². The van der Waals surface area contributed by atoms with Crippen LogP contribution >= 0.6 is 0 Å². The van der Waals surface area contributed by atoms with Gasteiger partial charge in [-0.25, -0.2) is 0 Å². The molecular formula is C37H43B2NO4. The number of rotatable bonds is 6. The van der Waals surface area contributed by atoms with Crippen molar-refractivity contribution in [1.29, 1.82) is 0 Å². The van der Waals surface area contributed by atoms with E-state index in [-0.39, 0.29) is 22.4 Å². The van der Waals surface area contributed by atoms with E-state index in [0.717, 1.165) is 28.0 Å². The fourth-order valence-corrected chi connectivity index (χ4v) is 5.59. The molecule has 0 saturated carbocycles. The molecule has 5 nitrogen and oxygen atoms in total. The molecule has 2 fully saturated rings. The summed E-state index contributed by atoms with van der Waals surface area (Å²) in [6.07, 6.45) is 0. The van der Waals surface area contributed by atoms with Gasteiger partial charge in [0.1, 0.15) is 0 Å². The molecular weight excluding hydrogens is 544 g/mol. The Bertz CT molecular complexity index is 1520. The predicted molar refractivity (Wildman–Crippen MR) is 183 cm³/mol. The Morgan fingerprint density at radius 1 is 0.455 bits per heavy atom. The van der Waals surface area contributed by atoms with E-state index < -0.39 is 14.2 Å². The van der Waals surface area contributed by atoms with E-state index >= 15 is 0 Å². The maximum absolute atomic E-state index is 6.31. The van der Waals surface area contributed by atoms with E-state index in [2.05, 4.69) is 164 Å². The van der Waals surface area contributed by atoms with Gasteiger partial charge in [0.05, 0.1) is 22.4 Å². The standard InChI is InChI=1S/C37H43B2NO4/c1-26-11-10-12-28(25-26)27-13-19-31(20-14-27)40(32-21-15-29(16-22-32)38-41-34(2,3)35(4,5)42-38)33-23-17-30(18-24-33)39-43-36(6,7)37(8,9)44-39/h10-25H,1-9H3. The summed E-state index contributed by atoms with van der Waals surface area (Å²) in [5, 5.41) is 0. The molecule has 0 atom stereocenters. The minimum absolute atomic E-state index is 0.389. The van der Waals surface area contributed by atoms with Crippen LogP contribution in [0, 0.1) is 6.92 Å². The van der Waals surface area contributed by atoms with Gasteiger partial charge in [-0.1, -0.05) is 66.2 Å². The van der Waals surface area contributed by atoms with Crippen LogP contribution in [0.15, 0.2) is 97.1 Å². The molecule has 0 aromatic heterocycles. The monoisotopic (exact) mass is 587 g/mol. The molecule has 6 rings (SSSR count). The van der Waals surface area contributed by atoms with Gasteiger partial charge in [0, 0.05) is 17.1 Å². The highest BCUT2D eigenvalue weighted by Gasteiger charge is 2.52. The second-order valence-corrected chi connectivity index (χ2v) is 14.1. The minimum Gasteiger partial charge on any atom is -0.399 e. The molecule has 0 N–H and O–H groups in total. The fraction of sp³-hybridized carbons (Fsp3) is 0.351. The summed E-state index contributed by atoms with van der Waals surface area (Å²) in [4.78, 5) is 2.27. The van der Waals surface area contributed by atoms with Crippen LogP contribution in [-0.2, 0) is 18.6 Å². The quantitative estimate of drug-likeness (QED) is 0.216. The second kappa shape index (κ2) is 10.9. The number of hydrogen-bond acceptors (Lipinski definition) is 5. The summed E-state index contributed by atoms with van der Waals surface area (Å²) in [7, 11) is -0.814. The lowest BCUT2D eigenvalue weighted by Crippen LogP contribution is -2.41. The zero-order chi connectivity index (χ0) is 31.5. The summed E-state index contributed by atoms with van der Waals surface area (Å²) in [6, 6.07) is 34.3. The van der Waals surface area contributed by atoms with Crippen LogP contribution in [0.4, 0.5) is 17.1 Å². The SMILES string of the molecule is Cc1cccc(-c2ccc(N(c3ccc(B4OC(C)(C)C(C)(C)O4)cc3)c3ccc(B4OC(C)(C)C(C)(C)O4)cc3)cc2)c1. The van der Waals surface area contributed by atoms with Crippen molar-refractivity contribution in [2.75, 3.05) is 4.90 Å². The molecule has 0 amide bonds. The van der Waals surface area contributed by atoms with E-state index in [1.165, 1.54) is 16.7 Å². The molecule has 0 unspecified atom stereocenters. The molecule has 2 saturated heterocycles. The first-order valence-corrected chi connectivity index (χ1v) is 15.5. The van der Waals surface area contributed by atoms with Gasteiger partial charge in [0.25, 0.3) is 0 Å². The van der Waals surface area contributed by atoms with Crippen molar-refractivity contribution in [2.24, 2.45) is 0 Å². The van der Waals surface area contributed by atoms with Crippen LogP contribution < -0.4 is 15.8 Å². The lowest BCUT2D eigenvalue weighted by atomic mass is 9.79. The highest BCUT2D eigenvalue weighted by Crippen LogP contribution is 2.39. The van der Waals surface area contributed by atoms with Crippen LogP contribution in [0.25, 0.3) is 11.1 Å². The van der Waals surface area contributed by atoms with E-state index in [0.29, 0.717) is 0 Å². The molecule has 2 heterocycles. The van der Waals surface area contributed by atoms with Gasteiger partial charge < -0.3 is 23.5 Å². The Kier molecular flexibility index (Phi) is 7.61. The maximum Gasteiger partial charge on any atom is 0.494 e. The smallest absolute Gasteiger partial charge is 0.399 e. The third-order valence-electron chi connectivity index (χ3n) is 9.83. The van der Waals surface area contributed by atoms with Crippen LogP contribution in [0.2, 0.25) is 0 Å². The Balaban J connectivity index is 1.33. The zero-order valence-corrected chi connectivity index (χ0v) is 27.5. The second-order valence-electron chi connectivity index (χ2n) is 14.1. The number of hydrogen-bond donors (Lipinski definition) is 0. The van der Waals surface area contributed by atoms with Gasteiger partial charge in [0.2, 0.25) is 0 Å². The van der Waals surface area contributed by atoms with Crippen molar-refractivity contribution in [3.63, 3.8) is 0 Å². The first kappa shape index (κ1) is 30.7. The average Bonchev–Trinajstić information content (AvgIpc) is 3.33. The minimum atomic E-state index is -0.407. The van der Waals surface area contributed by atoms with E-state index in [4.69, 9.17) is 18.6 Å². The molecule has 4 aromatic rings. The third-order valence-corrected chi connectivity index (χ3v) is 9.83. The Hall–Kier alpha value is -3.35. The number of aryl methyl sites for hydroxylation is 1. The lowest BCUT2D eigenvalue weighted by Gasteiger charge is -2.32. The van der Waals surface area contributed by atoms with Gasteiger partial charge in [0.15, 0.2) is 0 Å². The Morgan fingerprint density at radius 2 is 0.818 bits per heavy atom. The van der Waals surface area contributed by atoms with Crippen molar-refractivity contribution in [3.05, 3.63) is 103 Å². The van der Waals surface area contributed by atoms with Crippen LogP contribution in [-0.4, -0.2) is 36.6 Å². The number of anilines is 3. The summed E-state index contributed by atoms with van der Waals surface area (Å²) in [5.74, 6) is 0. The van der Waals surface area contributed by atoms with Crippen molar-refractivity contribution >= 4 is 42.2 Å². The van der Waals surface area contributed by atoms with E-state index in [9.17, 15) is 0 Å². The van der Waals surface area contributed by atoms with Gasteiger partial charge in [-0.2, -0.15) is 0 Å². The summed E-state index contributed by atoms with van der Waals surface area (Å²) in [5.41, 5.74) is 7.23. The lowest BCUT2D eigenvalue weighted by molar-refractivity contribution is 0.00578. The van der Waals surface area contributed by atoms with Crippen molar-refractivity contribution in [2.45, 2.75) is 84.7 Å². The third kappa shape index (κ3) is 5.63. The molecule has 7 heteroatoms. The van der Waals surface area contributed by atoms with Crippen molar-refractivity contribution < 1.29 is 18.6 Å². The molecule has 0 bridgehead atoms. The summed E-state index contributed by atoms with van der Waals surface area (Å²) in [6.45, 7) is 18.8. The largest absolute Gasteiger partial charge is 0.494 e. The molecule has 2 aliphatic rings. The van der Waals surface area contributed by atoms with Gasteiger partial charge in [-0.05, 0) is 121 Å². The molecule has 44 heavy (non-hydrogen) atoms. The van der Waals surface area contributed by atoms with E-state index in [1.807, 2.05) is 0 Å². The van der Waals surface area contributed by atoms with Gasteiger partial charge in [-0.15, -0.1) is 0 Å². The maximum atomic E-state index is 6.31. The summed E-state index contributed by atoms with van der Waals surface area (Å²) >= 11 is 0. The molecule has 2 aliphatic heterocycles. The Labute approximate surface area is 263 Å². The average molecular weight is 587 g/mol. The summed E-state index contributed by atoms with van der Waals surface area (Å²) < 4.78 is 25.3. The first-order valence-electron chi connectivity index (χ1n) is 15.5. The topological polar surface area (TPSA) is 40.2 Å². The van der Waals surface area contributed by atoms with Crippen LogP contribution in [0.3, 0.4) is 0 Å².